The van der Waals surface area contributed by atoms with Crippen molar-refractivity contribution >= 4 is 19.4 Å². The van der Waals surface area contributed by atoms with Crippen molar-refractivity contribution in [2.45, 2.75) is 32.4 Å². The van der Waals surface area contributed by atoms with Crippen LogP contribution in [0.1, 0.15) is 0 Å². The molecule has 0 spiro atoms. The second-order valence-corrected chi connectivity index (χ2v) is 14.2. The smallest absolute Gasteiger partial charge is 0.160 e. The zero-order valence-electron chi connectivity index (χ0n) is 17.5. The van der Waals surface area contributed by atoms with Gasteiger partial charge in [0.05, 0.1) is 5.69 Å². The molecule has 30 heavy (non-hydrogen) atoms. The lowest BCUT2D eigenvalue weighted by atomic mass is 10.0. The van der Waals surface area contributed by atoms with Crippen LogP contribution in [0.15, 0.2) is 55.1 Å². The van der Waals surface area contributed by atoms with Crippen LogP contribution in [0.2, 0.25) is 25.7 Å². The van der Waals surface area contributed by atoms with Gasteiger partial charge in [-0.2, -0.15) is 5.10 Å². The molecule has 4 aromatic rings. The fraction of sp³-hybridized carbons (Fsp3) is 0.273. The third kappa shape index (κ3) is 4.44. The molecule has 156 valence electrons. The highest BCUT2D eigenvalue weighted by molar-refractivity contribution is 6.76. The SMILES string of the molecule is C[Si](C)(C)CCOCn1cc(-c2cc(N)c3nccn3c2)c(-c2ccc(F)cc2)n1. The van der Waals surface area contributed by atoms with Crippen LogP contribution < -0.4 is 5.73 Å². The number of nitrogens with zero attached hydrogens (tertiary/aromatic N) is 4. The van der Waals surface area contributed by atoms with Crippen molar-refractivity contribution in [3.05, 3.63) is 60.9 Å². The molecule has 6 nitrogen and oxygen atoms in total. The Kier molecular flexibility index (Phi) is 5.44. The second-order valence-electron chi connectivity index (χ2n) is 8.63. The summed E-state index contributed by atoms with van der Waals surface area (Å²) in [5, 5.41) is 4.73. The summed E-state index contributed by atoms with van der Waals surface area (Å²) in [6, 6.07) is 9.34. The molecular formula is C22H26FN5OSi. The van der Waals surface area contributed by atoms with Crippen LogP contribution in [0.5, 0.6) is 0 Å². The Balaban J connectivity index is 1.69. The number of imidazole rings is 1. The van der Waals surface area contributed by atoms with Gasteiger partial charge in [-0.15, -0.1) is 0 Å². The molecule has 3 heterocycles. The molecule has 0 saturated carbocycles. The van der Waals surface area contributed by atoms with Gasteiger partial charge in [-0.25, -0.2) is 14.1 Å². The number of anilines is 1. The van der Waals surface area contributed by atoms with Crippen molar-refractivity contribution in [3.63, 3.8) is 0 Å². The van der Waals surface area contributed by atoms with E-state index in [1.54, 1.807) is 23.0 Å². The molecule has 8 heteroatoms. The number of fused-ring (bicyclic) bond motifs is 1. The number of rotatable bonds is 7. The minimum atomic E-state index is -1.15. The molecule has 0 bridgehead atoms. The van der Waals surface area contributed by atoms with Crippen LogP contribution in [-0.4, -0.2) is 33.8 Å². The monoisotopic (exact) mass is 423 g/mol. The summed E-state index contributed by atoms with van der Waals surface area (Å²) in [6.45, 7) is 8.05. The molecule has 2 N–H and O–H groups in total. The molecule has 1 aromatic carbocycles. The molecule has 0 aliphatic carbocycles. The van der Waals surface area contributed by atoms with E-state index >= 15 is 0 Å². The van der Waals surface area contributed by atoms with Crippen LogP contribution in [0.3, 0.4) is 0 Å². The highest BCUT2D eigenvalue weighted by Gasteiger charge is 2.16. The molecule has 0 amide bonds. The van der Waals surface area contributed by atoms with Crippen molar-refractivity contribution in [1.82, 2.24) is 19.2 Å². The summed E-state index contributed by atoms with van der Waals surface area (Å²) in [4.78, 5) is 4.28. The minimum absolute atomic E-state index is 0.279. The Morgan fingerprint density at radius 1 is 1.10 bits per heavy atom. The summed E-state index contributed by atoms with van der Waals surface area (Å²) in [6.07, 6.45) is 7.49. The largest absolute Gasteiger partial charge is 0.396 e. The number of pyridine rings is 1. The van der Waals surface area contributed by atoms with Crippen LogP contribution in [-0.2, 0) is 11.5 Å². The summed E-state index contributed by atoms with van der Waals surface area (Å²) >= 11 is 0. The maximum Gasteiger partial charge on any atom is 0.160 e. The molecule has 0 fully saturated rings. The number of halogens is 1. The molecule has 0 aliphatic rings. The van der Waals surface area contributed by atoms with Gasteiger partial charge in [0, 0.05) is 56.2 Å². The van der Waals surface area contributed by atoms with Crippen molar-refractivity contribution in [3.8, 4) is 22.4 Å². The molecule has 0 radical (unpaired) electrons. The van der Waals surface area contributed by atoms with Gasteiger partial charge in [-0.3, -0.25) is 0 Å². The van der Waals surface area contributed by atoms with E-state index in [1.165, 1.54) is 12.1 Å². The van der Waals surface area contributed by atoms with Gasteiger partial charge in [-0.05, 0) is 36.4 Å². The van der Waals surface area contributed by atoms with Crippen LogP contribution in [0.4, 0.5) is 10.1 Å². The number of benzene rings is 1. The molecule has 0 saturated heterocycles. The van der Waals surface area contributed by atoms with Gasteiger partial charge in [-0.1, -0.05) is 19.6 Å². The molecular weight excluding hydrogens is 397 g/mol. The van der Waals surface area contributed by atoms with Gasteiger partial charge in [0.25, 0.3) is 0 Å². The van der Waals surface area contributed by atoms with E-state index in [-0.39, 0.29) is 5.82 Å². The minimum Gasteiger partial charge on any atom is -0.396 e. The fourth-order valence-corrected chi connectivity index (χ4v) is 4.02. The maximum absolute atomic E-state index is 13.5. The summed E-state index contributed by atoms with van der Waals surface area (Å²) < 4.78 is 23.0. The first-order valence-corrected chi connectivity index (χ1v) is 13.6. The third-order valence-corrected chi connectivity index (χ3v) is 6.63. The summed E-state index contributed by atoms with van der Waals surface area (Å²) in [5.74, 6) is -0.279. The molecule has 3 aromatic heterocycles. The van der Waals surface area contributed by atoms with E-state index in [9.17, 15) is 4.39 Å². The summed E-state index contributed by atoms with van der Waals surface area (Å²) in [5.41, 5.74) is 10.9. The lowest BCUT2D eigenvalue weighted by Gasteiger charge is -2.15. The highest BCUT2D eigenvalue weighted by Crippen LogP contribution is 2.33. The van der Waals surface area contributed by atoms with Crippen LogP contribution >= 0.6 is 0 Å². The molecule has 0 unspecified atom stereocenters. The summed E-state index contributed by atoms with van der Waals surface area (Å²) in [7, 11) is -1.15. The van der Waals surface area contributed by atoms with Gasteiger partial charge >= 0.3 is 0 Å². The first-order valence-electron chi connectivity index (χ1n) is 9.94. The number of hydrogen-bond acceptors (Lipinski definition) is 4. The number of nitrogens with two attached hydrogens (primary N) is 1. The average molecular weight is 424 g/mol. The van der Waals surface area contributed by atoms with Gasteiger partial charge < -0.3 is 14.9 Å². The molecule has 0 atom stereocenters. The topological polar surface area (TPSA) is 70.4 Å². The number of hydrogen-bond donors (Lipinski definition) is 1. The lowest BCUT2D eigenvalue weighted by molar-refractivity contribution is 0.0788. The highest BCUT2D eigenvalue weighted by atomic mass is 28.3. The van der Waals surface area contributed by atoms with E-state index in [4.69, 9.17) is 15.6 Å². The molecule has 0 aliphatic heterocycles. The van der Waals surface area contributed by atoms with Gasteiger partial charge in [0.1, 0.15) is 18.2 Å². The Hall–Kier alpha value is -2.97. The predicted octanol–water partition coefficient (Wildman–Crippen LogP) is 4.90. The first-order chi connectivity index (χ1) is 14.3. The Morgan fingerprint density at radius 2 is 1.87 bits per heavy atom. The first kappa shape index (κ1) is 20.3. The van der Waals surface area contributed by atoms with Crippen molar-refractivity contribution in [1.29, 1.82) is 0 Å². The fourth-order valence-electron chi connectivity index (χ4n) is 3.26. The van der Waals surface area contributed by atoms with Crippen molar-refractivity contribution in [2.75, 3.05) is 12.3 Å². The normalized spacial score (nSPS) is 12.0. The third-order valence-electron chi connectivity index (χ3n) is 4.93. The Bertz CT molecular complexity index is 1160. The molecule has 4 rings (SSSR count). The zero-order chi connectivity index (χ0) is 21.3. The maximum atomic E-state index is 13.5. The second kappa shape index (κ2) is 8.04. The number of nitrogen functional groups attached to an aromatic ring is 1. The number of ether oxygens (including phenoxy) is 1. The van der Waals surface area contributed by atoms with E-state index in [0.29, 0.717) is 24.7 Å². The quantitative estimate of drug-likeness (QED) is 0.339. The number of aromatic nitrogens is 4. The van der Waals surface area contributed by atoms with Gasteiger partial charge in [0.15, 0.2) is 5.65 Å². The van der Waals surface area contributed by atoms with E-state index < -0.39 is 8.07 Å². The standard InChI is InChI=1S/C22H26FN5OSi/c1-30(2,3)11-10-29-15-28-14-19(21(26-28)16-4-6-18(23)7-5-16)17-12-20(24)22-25-8-9-27(22)13-17/h4-9,12-14H,10-11,15,24H2,1-3H3. The zero-order valence-corrected chi connectivity index (χ0v) is 18.5. The van der Waals surface area contributed by atoms with E-state index in [0.717, 1.165) is 28.4 Å². The average Bonchev–Trinajstić information content (AvgIpc) is 3.32. The van der Waals surface area contributed by atoms with E-state index in [2.05, 4.69) is 24.6 Å². The van der Waals surface area contributed by atoms with Crippen molar-refractivity contribution in [2.24, 2.45) is 0 Å². The Labute approximate surface area is 176 Å². The lowest BCUT2D eigenvalue weighted by Crippen LogP contribution is -2.22. The van der Waals surface area contributed by atoms with E-state index in [1.807, 2.05) is 29.1 Å². The predicted molar refractivity (Wildman–Crippen MR) is 120 cm³/mol. The van der Waals surface area contributed by atoms with Crippen LogP contribution in [0, 0.1) is 5.82 Å². The van der Waals surface area contributed by atoms with Crippen LogP contribution in [0.25, 0.3) is 28.0 Å². The Morgan fingerprint density at radius 3 is 2.60 bits per heavy atom. The van der Waals surface area contributed by atoms with Crippen molar-refractivity contribution < 1.29 is 9.13 Å². The van der Waals surface area contributed by atoms with Gasteiger partial charge in [0.2, 0.25) is 0 Å².